The predicted octanol–water partition coefficient (Wildman–Crippen LogP) is 9.70. The molecule has 6 nitrogen and oxygen atoms in total. The van der Waals surface area contributed by atoms with E-state index in [1.165, 1.54) is 0 Å². The maximum Gasteiger partial charge on any atom is 0.419 e. The second-order valence-electron chi connectivity index (χ2n) is 12.1. The van der Waals surface area contributed by atoms with Crippen LogP contribution in [0.4, 0.5) is 27.5 Å². The highest BCUT2D eigenvalue weighted by molar-refractivity contribution is 7.99. The van der Waals surface area contributed by atoms with Crippen LogP contribution < -0.4 is 19.1 Å². The summed E-state index contributed by atoms with van der Waals surface area (Å²) in [6.07, 6.45) is -0.384. The molecule has 0 fully saturated rings. The lowest BCUT2D eigenvalue weighted by atomic mass is 10.2. The first kappa shape index (κ1) is 31.8. The number of nitrogens with zero attached hydrogens (tertiary/aromatic N) is 3. The van der Waals surface area contributed by atoms with Crippen LogP contribution in [0.15, 0.2) is 70.5 Å². The molecule has 0 radical (unpaired) electrons. The summed E-state index contributed by atoms with van der Waals surface area (Å²) in [7, 11) is -1.92. The molecule has 0 atom stereocenters. The van der Waals surface area contributed by atoms with Gasteiger partial charge in [-0.25, -0.2) is 9.69 Å². The fourth-order valence-corrected chi connectivity index (χ4v) is 7.02. The van der Waals surface area contributed by atoms with Gasteiger partial charge in [0.1, 0.15) is 12.4 Å². The van der Waals surface area contributed by atoms with Gasteiger partial charge in [0, 0.05) is 47.3 Å². The van der Waals surface area contributed by atoms with Gasteiger partial charge in [0.15, 0.2) is 0 Å². The number of amides is 1. The van der Waals surface area contributed by atoms with Gasteiger partial charge >= 0.3 is 6.09 Å². The second-order valence-corrected chi connectivity index (χ2v) is 18.0. The second kappa shape index (κ2) is 13.0. The summed E-state index contributed by atoms with van der Waals surface area (Å²) < 4.78 is 12.4. The van der Waals surface area contributed by atoms with Gasteiger partial charge in [-0.05, 0) is 99.9 Å². The molecule has 0 N–H and O–H groups in total. The fourth-order valence-electron chi connectivity index (χ4n) is 4.87. The Morgan fingerprint density at radius 3 is 1.69 bits per heavy atom. The average molecular weight is 606 g/mol. The van der Waals surface area contributed by atoms with Crippen LogP contribution in [0.3, 0.4) is 0 Å². The Hall–Kier alpha value is -3.10. The van der Waals surface area contributed by atoms with Crippen molar-refractivity contribution in [1.29, 1.82) is 0 Å². The van der Waals surface area contributed by atoms with Gasteiger partial charge in [0.25, 0.3) is 0 Å². The molecule has 226 valence electrons. The van der Waals surface area contributed by atoms with E-state index < -0.39 is 8.32 Å². The molecule has 42 heavy (non-hydrogen) atoms. The van der Waals surface area contributed by atoms with Crippen molar-refractivity contribution in [3.05, 3.63) is 66.2 Å². The summed E-state index contributed by atoms with van der Waals surface area (Å²) >= 11 is 1.72. The average Bonchev–Trinajstić information content (AvgIpc) is 2.95. The van der Waals surface area contributed by atoms with E-state index in [4.69, 9.17) is 9.16 Å². The predicted molar refractivity (Wildman–Crippen MR) is 181 cm³/mol. The molecule has 0 spiro atoms. The maximum absolute atomic E-state index is 13.8. The van der Waals surface area contributed by atoms with Gasteiger partial charge < -0.3 is 19.0 Å². The number of hydrogen-bond donors (Lipinski definition) is 0. The minimum Gasteiger partial charge on any atom is -0.544 e. The zero-order chi connectivity index (χ0) is 30.7. The molecule has 0 saturated carbocycles. The summed E-state index contributed by atoms with van der Waals surface area (Å²) in [6.45, 7) is 23.7. The van der Waals surface area contributed by atoms with E-state index in [0.717, 1.165) is 70.0 Å². The molecular formula is C34H47N3O3SSi. The highest BCUT2D eigenvalue weighted by Crippen LogP contribution is 2.50. The van der Waals surface area contributed by atoms with Crippen molar-refractivity contribution in [2.75, 3.05) is 40.9 Å². The van der Waals surface area contributed by atoms with Gasteiger partial charge in [-0.1, -0.05) is 44.7 Å². The van der Waals surface area contributed by atoms with Gasteiger partial charge in [-0.15, -0.1) is 0 Å². The molecular weight excluding hydrogens is 559 g/mol. The summed E-state index contributed by atoms with van der Waals surface area (Å²) in [5, 5.41) is 0.124. The molecule has 0 saturated heterocycles. The van der Waals surface area contributed by atoms with Crippen LogP contribution in [0.25, 0.3) is 0 Å². The fraction of sp³-hybridized carbons (Fsp3) is 0.441. The number of carbonyl (C=O) groups excluding carboxylic acids is 1. The van der Waals surface area contributed by atoms with Crippen molar-refractivity contribution >= 4 is 48.9 Å². The highest BCUT2D eigenvalue weighted by atomic mass is 32.2. The van der Waals surface area contributed by atoms with E-state index in [0.29, 0.717) is 0 Å². The molecule has 1 amide bonds. The molecule has 0 unspecified atom stereocenters. The highest BCUT2D eigenvalue weighted by Gasteiger charge is 2.39. The number of ether oxygens (including phenoxy) is 1. The summed E-state index contributed by atoms with van der Waals surface area (Å²) in [5.41, 5.74) is 4.93. The molecule has 1 aliphatic heterocycles. The third-order valence-electron chi connectivity index (χ3n) is 8.49. The zero-order valence-electron chi connectivity index (χ0n) is 26.8. The van der Waals surface area contributed by atoms with E-state index in [9.17, 15) is 4.79 Å². The minimum atomic E-state index is -1.92. The quantitative estimate of drug-likeness (QED) is 0.214. The van der Waals surface area contributed by atoms with Gasteiger partial charge in [-0.3, -0.25) is 0 Å². The molecule has 3 aromatic rings. The Balaban J connectivity index is 1.60. The third-order valence-corrected chi connectivity index (χ3v) is 13.9. The molecule has 0 aromatic heterocycles. The first-order chi connectivity index (χ1) is 19.9. The van der Waals surface area contributed by atoms with Crippen LogP contribution in [0, 0.1) is 0 Å². The van der Waals surface area contributed by atoms with Crippen molar-refractivity contribution in [2.24, 2.45) is 0 Å². The zero-order valence-corrected chi connectivity index (χ0v) is 28.6. The number of fused-ring (bicyclic) bond motifs is 2. The molecule has 4 rings (SSSR count). The Bertz CT molecular complexity index is 1320. The van der Waals surface area contributed by atoms with Crippen LogP contribution in [0.1, 0.15) is 54.0 Å². The first-order valence-electron chi connectivity index (χ1n) is 15.1. The lowest BCUT2D eigenvalue weighted by molar-refractivity contribution is 0.149. The molecule has 1 heterocycles. The lowest BCUT2D eigenvalue weighted by Crippen LogP contribution is -2.43. The summed E-state index contributed by atoms with van der Waals surface area (Å²) in [6, 6.07) is 20.6. The van der Waals surface area contributed by atoms with E-state index in [2.05, 4.69) is 95.6 Å². The van der Waals surface area contributed by atoms with Crippen LogP contribution >= 0.6 is 11.8 Å². The number of anilines is 4. The van der Waals surface area contributed by atoms with Crippen LogP contribution in [-0.2, 0) is 11.3 Å². The van der Waals surface area contributed by atoms with Crippen molar-refractivity contribution in [2.45, 2.75) is 83.0 Å². The van der Waals surface area contributed by atoms with Crippen molar-refractivity contribution in [1.82, 2.24) is 0 Å². The van der Waals surface area contributed by atoms with Crippen molar-refractivity contribution in [3.63, 3.8) is 0 Å². The number of benzene rings is 3. The standard InChI is InChI=1S/C34H47N3O3SSi/c1-10-35(11-2)26-16-20-29-31(22-26)41-32-23-27(36(12-3)13-4)17-21-30(32)37(29)33(38)39-24-25-14-18-28(19-15-25)40-42(8,9)34(5,6)7/h14-23H,10-13,24H2,1-9H3. The Morgan fingerprint density at radius 1 is 0.786 bits per heavy atom. The summed E-state index contributed by atoms with van der Waals surface area (Å²) in [4.78, 5) is 22.3. The molecule has 0 aliphatic carbocycles. The molecule has 1 aliphatic rings. The third kappa shape index (κ3) is 6.75. The largest absolute Gasteiger partial charge is 0.544 e. The van der Waals surface area contributed by atoms with Gasteiger partial charge in [-0.2, -0.15) is 0 Å². The molecule has 8 heteroatoms. The topological polar surface area (TPSA) is 45.2 Å². The van der Waals surface area contributed by atoms with E-state index in [-0.39, 0.29) is 17.7 Å². The Labute approximate surface area is 258 Å². The van der Waals surface area contributed by atoms with E-state index >= 15 is 0 Å². The smallest absolute Gasteiger partial charge is 0.419 e. The SMILES string of the molecule is CCN(CC)c1ccc2c(c1)Sc1cc(N(CC)CC)ccc1N2C(=O)OCc1ccc(O[Si](C)(C)C(C)(C)C)cc1. The van der Waals surface area contributed by atoms with Gasteiger partial charge in [0.05, 0.1) is 11.4 Å². The van der Waals surface area contributed by atoms with Crippen molar-refractivity contribution in [3.8, 4) is 5.75 Å². The number of rotatable bonds is 10. The first-order valence-corrected chi connectivity index (χ1v) is 18.9. The van der Waals surface area contributed by atoms with Gasteiger partial charge in [0.2, 0.25) is 8.32 Å². The molecule has 0 bridgehead atoms. The number of carbonyl (C=O) groups is 1. The maximum atomic E-state index is 13.8. The lowest BCUT2D eigenvalue weighted by Gasteiger charge is -2.36. The normalized spacial score (nSPS) is 12.8. The summed E-state index contributed by atoms with van der Waals surface area (Å²) in [5.74, 6) is 0.862. The van der Waals surface area contributed by atoms with E-state index in [1.54, 1.807) is 16.7 Å². The Kier molecular flexibility index (Phi) is 9.88. The van der Waals surface area contributed by atoms with Crippen LogP contribution in [-0.4, -0.2) is 40.6 Å². The van der Waals surface area contributed by atoms with Crippen LogP contribution in [0.2, 0.25) is 18.1 Å². The van der Waals surface area contributed by atoms with E-state index in [1.807, 2.05) is 36.4 Å². The molecule has 3 aromatic carbocycles. The number of hydrogen-bond acceptors (Lipinski definition) is 6. The van der Waals surface area contributed by atoms with Crippen molar-refractivity contribution < 1.29 is 14.0 Å². The minimum absolute atomic E-state index is 0.124. The van der Waals surface area contributed by atoms with Crippen LogP contribution in [0.5, 0.6) is 5.75 Å². The Morgan fingerprint density at radius 2 is 1.26 bits per heavy atom. The monoisotopic (exact) mass is 605 g/mol.